The van der Waals surface area contributed by atoms with Gasteiger partial charge >= 0.3 is 5.97 Å². The van der Waals surface area contributed by atoms with Crippen LogP contribution in [0.15, 0.2) is 47.5 Å². The molecule has 0 unspecified atom stereocenters. The summed E-state index contributed by atoms with van der Waals surface area (Å²) in [6.07, 6.45) is 4.30. The van der Waals surface area contributed by atoms with Crippen molar-refractivity contribution in [2.75, 3.05) is 25.0 Å². The molecule has 2 aromatic rings. The van der Waals surface area contributed by atoms with E-state index in [0.29, 0.717) is 18.8 Å². The molecular weight excluding hydrogens is 370 g/mol. The molecule has 0 saturated carbocycles. The summed E-state index contributed by atoms with van der Waals surface area (Å²) in [5, 5.41) is 2.55. The third-order valence-electron chi connectivity index (χ3n) is 4.22. The van der Waals surface area contributed by atoms with Crippen LogP contribution in [0.4, 0.5) is 5.69 Å². The second-order valence-electron chi connectivity index (χ2n) is 6.20. The highest BCUT2D eigenvalue weighted by Crippen LogP contribution is 2.22. The lowest BCUT2D eigenvalue weighted by Gasteiger charge is -2.26. The van der Waals surface area contributed by atoms with Crippen molar-refractivity contribution in [3.8, 4) is 0 Å². The van der Waals surface area contributed by atoms with Crippen molar-refractivity contribution >= 4 is 27.6 Å². The van der Waals surface area contributed by atoms with Crippen molar-refractivity contribution in [2.24, 2.45) is 0 Å². The van der Waals surface area contributed by atoms with Crippen molar-refractivity contribution in [3.05, 3.63) is 48.3 Å². The number of esters is 1. The SMILES string of the molecule is O=C(COC(=O)c1ccc[nH]1)Nc1cccc(S(=O)(=O)N2CCCCC2)c1. The van der Waals surface area contributed by atoms with E-state index in [1.165, 1.54) is 22.5 Å². The van der Waals surface area contributed by atoms with Gasteiger partial charge in [0.1, 0.15) is 5.69 Å². The number of carbonyl (C=O) groups excluding carboxylic acids is 2. The smallest absolute Gasteiger partial charge is 0.355 e. The number of piperidine rings is 1. The molecule has 0 atom stereocenters. The lowest BCUT2D eigenvalue weighted by atomic mass is 10.2. The number of anilines is 1. The van der Waals surface area contributed by atoms with Gasteiger partial charge in [-0.15, -0.1) is 0 Å². The van der Waals surface area contributed by atoms with Gasteiger partial charge in [0.25, 0.3) is 5.91 Å². The van der Waals surface area contributed by atoms with Gasteiger partial charge in [0.05, 0.1) is 4.90 Å². The Morgan fingerprint density at radius 3 is 2.59 bits per heavy atom. The third kappa shape index (κ3) is 4.75. The van der Waals surface area contributed by atoms with Crippen LogP contribution in [-0.4, -0.2) is 49.3 Å². The molecule has 0 spiro atoms. The van der Waals surface area contributed by atoms with E-state index in [2.05, 4.69) is 10.3 Å². The van der Waals surface area contributed by atoms with E-state index in [1.54, 1.807) is 24.4 Å². The summed E-state index contributed by atoms with van der Waals surface area (Å²) >= 11 is 0. The summed E-state index contributed by atoms with van der Waals surface area (Å²) in [6, 6.07) is 9.25. The van der Waals surface area contributed by atoms with Crippen LogP contribution in [0.25, 0.3) is 0 Å². The van der Waals surface area contributed by atoms with Gasteiger partial charge in [-0.1, -0.05) is 12.5 Å². The largest absolute Gasteiger partial charge is 0.451 e. The topological polar surface area (TPSA) is 109 Å². The summed E-state index contributed by atoms with van der Waals surface area (Å²) in [7, 11) is -3.58. The molecule has 1 saturated heterocycles. The Morgan fingerprint density at radius 1 is 1.11 bits per heavy atom. The van der Waals surface area contributed by atoms with Crippen molar-refractivity contribution in [2.45, 2.75) is 24.2 Å². The summed E-state index contributed by atoms with van der Waals surface area (Å²) in [5.41, 5.74) is 0.575. The quantitative estimate of drug-likeness (QED) is 0.732. The predicted molar refractivity (Wildman–Crippen MR) is 98.8 cm³/mol. The fraction of sp³-hybridized carbons (Fsp3) is 0.333. The van der Waals surface area contributed by atoms with E-state index in [9.17, 15) is 18.0 Å². The Labute approximate surface area is 157 Å². The molecule has 9 heteroatoms. The second-order valence-corrected chi connectivity index (χ2v) is 8.14. The normalized spacial score (nSPS) is 15.3. The van der Waals surface area contributed by atoms with Crippen LogP contribution >= 0.6 is 0 Å². The first-order valence-electron chi connectivity index (χ1n) is 8.67. The van der Waals surface area contributed by atoms with E-state index >= 15 is 0 Å². The van der Waals surface area contributed by atoms with Gasteiger partial charge in [0.15, 0.2) is 6.61 Å². The molecule has 1 aliphatic heterocycles. The number of rotatable bonds is 6. The fourth-order valence-corrected chi connectivity index (χ4v) is 4.42. The Morgan fingerprint density at radius 2 is 1.89 bits per heavy atom. The molecular formula is C18H21N3O5S. The molecule has 0 radical (unpaired) electrons. The molecule has 0 bridgehead atoms. The standard InChI is InChI=1S/C18H21N3O5S/c22-17(13-26-18(23)16-8-5-9-19-16)20-14-6-4-7-15(12-14)27(24,25)21-10-2-1-3-11-21/h4-9,12,19H,1-3,10-11,13H2,(H,20,22). The maximum atomic E-state index is 12.7. The molecule has 1 amide bonds. The Hall–Kier alpha value is -2.65. The van der Waals surface area contributed by atoms with Gasteiger partial charge in [-0.2, -0.15) is 4.31 Å². The molecule has 3 rings (SSSR count). The fourth-order valence-electron chi connectivity index (χ4n) is 2.85. The van der Waals surface area contributed by atoms with Gasteiger partial charge in [0, 0.05) is 25.0 Å². The van der Waals surface area contributed by atoms with Gasteiger partial charge in [0.2, 0.25) is 10.0 Å². The summed E-state index contributed by atoms with van der Waals surface area (Å²) in [5.74, 6) is -1.20. The van der Waals surface area contributed by atoms with Crippen LogP contribution in [0, 0.1) is 0 Å². The summed E-state index contributed by atoms with van der Waals surface area (Å²) in [6.45, 7) is 0.544. The zero-order chi connectivity index (χ0) is 19.3. The highest BCUT2D eigenvalue weighted by Gasteiger charge is 2.26. The van der Waals surface area contributed by atoms with E-state index in [-0.39, 0.29) is 10.6 Å². The monoisotopic (exact) mass is 391 g/mol. The minimum absolute atomic E-state index is 0.130. The Bertz CT molecular complexity index is 903. The van der Waals surface area contributed by atoms with Crippen LogP contribution in [0.1, 0.15) is 29.8 Å². The number of benzene rings is 1. The molecule has 8 nitrogen and oxygen atoms in total. The van der Waals surface area contributed by atoms with Gasteiger partial charge in [-0.05, 0) is 43.2 Å². The van der Waals surface area contributed by atoms with Crippen LogP contribution in [-0.2, 0) is 19.6 Å². The molecule has 27 heavy (non-hydrogen) atoms. The molecule has 144 valence electrons. The van der Waals surface area contributed by atoms with E-state index in [4.69, 9.17) is 4.74 Å². The highest BCUT2D eigenvalue weighted by molar-refractivity contribution is 7.89. The number of hydrogen-bond donors (Lipinski definition) is 2. The molecule has 1 aliphatic rings. The van der Waals surface area contributed by atoms with E-state index < -0.39 is 28.5 Å². The van der Waals surface area contributed by atoms with Crippen molar-refractivity contribution in [1.82, 2.24) is 9.29 Å². The van der Waals surface area contributed by atoms with Crippen LogP contribution < -0.4 is 5.32 Å². The number of carbonyl (C=O) groups is 2. The lowest BCUT2D eigenvalue weighted by Crippen LogP contribution is -2.35. The van der Waals surface area contributed by atoms with E-state index in [0.717, 1.165) is 19.3 Å². The average molecular weight is 391 g/mol. The number of aromatic nitrogens is 1. The van der Waals surface area contributed by atoms with Gasteiger partial charge < -0.3 is 15.0 Å². The zero-order valence-corrected chi connectivity index (χ0v) is 15.5. The van der Waals surface area contributed by atoms with Crippen molar-refractivity contribution < 1.29 is 22.7 Å². The zero-order valence-electron chi connectivity index (χ0n) is 14.7. The Balaban J connectivity index is 1.61. The van der Waals surface area contributed by atoms with Crippen LogP contribution in [0.3, 0.4) is 0 Å². The number of aromatic amines is 1. The lowest BCUT2D eigenvalue weighted by molar-refractivity contribution is -0.119. The minimum atomic E-state index is -3.58. The summed E-state index contributed by atoms with van der Waals surface area (Å²) < 4.78 is 31.8. The number of nitrogens with zero attached hydrogens (tertiary/aromatic N) is 1. The van der Waals surface area contributed by atoms with Crippen molar-refractivity contribution in [3.63, 3.8) is 0 Å². The first-order valence-corrected chi connectivity index (χ1v) is 10.1. The van der Waals surface area contributed by atoms with Crippen LogP contribution in [0.5, 0.6) is 0 Å². The molecule has 1 fully saturated rings. The number of ether oxygens (including phenoxy) is 1. The summed E-state index contributed by atoms with van der Waals surface area (Å²) in [4.78, 5) is 26.5. The van der Waals surface area contributed by atoms with Gasteiger partial charge in [-0.25, -0.2) is 13.2 Å². The molecule has 1 aromatic heterocycles. The molecule has 0 aliphatic carbocycles. The number of H-pyrrole nitrogens is 1. The van der Waals surface area contributed by atoms with Crippen LogP contribution in [0.2, 0.25) is 0 Å². The second kappa shape index (κ2) is 8.36. The number of nitrogens with one attached hydrogen (secondary N) is 2. The predicted octanol–water partition coefficient (Wildman–Crippen LogP) is 1.98. The number of sulfonamides is 1. The number of amides is 1. The first-order chi connectivity index (χ1) is 13.0. The maximum absolute atomic E-state index is 12.7. The maximum Gasteiger partial charge on any atom is 0.355 e. The van der Waals surface area contributed by atoms with E-state index in [1.807, 2.05) is 0 Å². The molecule has 1 aromatic carbocycles. The van der Waals surface area contributed by atoms with Crippen molar-refractivity contribution in [1.29, 1.82) is 0 Å². The Kier molecular flexibility index (Phi) is 5.92. The number of hydrogen-bond acceptors (Lipinski definition) is 5. The first kappa shape index (κ1) is 19.1. The average Bonchev–Trinajstić information content (AvgIpc) is 3.22. The molecule has 2 heterocycles. The minimum Gasteiger partial charge on any atom is -0.451 e. The molecule has 2 N–H and O–H groups in total. The highest BCUT2D eigenvalue weighted by atomic mass is 32.2. The third-order valence-corrected chi connectivity index (χ3v) is 6.12. The van der Waals surface area contributed by atoms with Gasteiger partial charge in [-0.3, -0.25) is 4.79 Å².